The summed E-state index contributed by atoms with van der Waals surface area (Å²) in [7, 11) is 0. The van der Waals surface area contributed by atoms with Crippen LogP contribution < -0.4 is 0 Å². The minimum atomic E-state index is -1.24. The lowest BCUT2D eigenvalue weighted by Gasteiger charge is -2.19. The number of carboxylic acid groups (broad SMARTS) is 1. The fourth-order valence-electron chi connectivity index (χ4n) is 3.42. The Kier molecular flexibility index (Phi) is 9.42. The monoisotopic (exact) mass is 465 g/mol. The lowest BCUT2D eigenvalue weighted by atomic mass is 9.90. The van der Waals surface area contributed by atoms with Crippen LogP contribution >= 0.6 is 0 Å². The van der Waals surface area contributed by atoms with E-state index in [1.54, 1.807) is 45.0 Å². The van der Waals surface area contributed by atoms with Crippen molar-refractivity contribution in [2.45, 2.75) is 58.5 Å². The van der Waals surface area contributed by atoms with Gasteiger partial charge in [-0.25, -0.2) is 0 Å². The zero-order valence-corrected chi connectivity index (χ0v) is 19.8. The van der Waals surface area contributed by atoms with E-state index in [1.165, 1.54) is 24.3 Å². The first-order valence-corrected chi connectivity index (χ1v) is 11.3. The van der Waals surface area contributed by atoms with Crippen LogP contribution in [0.15, 0.2) is 54.6 Å². The van der Waals surface area contributed by atoms with Crippen molar-refractivity contribution in [3.63, 3.8) is 0 Å². The van der Waals surface area contributed by atoms with Crippen LogP contribution in [0.3, 0.4) is 0 Å². The van der Waals surface area contributed by atoms with Gasteiger partial charge < -0.3 is 15.3 Å². The van der Waals surface area contributed by atoms with Crippen molar-refractivity contribution in [3.8, 4) is 0 Å². The Morgan fingerprint density at radius 2 is 1.41 bits per heavy atom. The summed E-state index contributed by atoms with van der Waals surface area (Å²) in [5, 5.41) is 17.7. The fourth-order valence-corrected chi connectivity index (χ4v) is 3.42. The quantitative estimate of drug-likeness (QED) is 0.194. The van der Waals surface area contributed by atoms with Gasteiger partial charge in [-0.2, -0.15) is 0 Å². The molecule has 2 aromatic rings. The lowest BCUT2D eigenvalue weighted by molar-refractivity contribution is -0.155. The maximum Gasteiger partial charge on any atom is 0.312 e. The standard InChI is InChI=1S/C27H31NO6/c1-27(2,3)34-22(29)13-9-5-8-12-21(26(32)33)23(28)25(31)20-16-14-19(15-17-20)24(30)18-10-6-4-7-11-18/h4,6-7,10-11,14-17,21,28H,5,8-9,12-13H2,1-3H3,(H,32,33). The Bertz CT molecular complexity index is 1040. The molecule has 0 spiro atoms. The Hall–Kier alpha value is -3.61. The topological polar surface area (TPSA) is 122 Å². The van der Waals surface area contributed by atoms with Crippen molar-refractivity contribution in [2.24, 2.45) is 5.92 Å². The molecule has 0 aromatic heterocycles. The molecule has 0 heterocycles. The largest absolute Gasteiger partial charge is 0.481 e. The summed E-state index contributed by atoms with van der Waals surface area (Å²) in [4.78, 5) is 48.7. The van der Waals surface area contributed by atoms with Gasteiger partial charge in [0.2, 0.25) is 5.78 Å². The summed E-state index contributed by atoms with van der Waals surface area (Å²) in [6.07, 6.45) is 1.94. The molecule has 0 radical (unpaired) electrons. The van der Waals surface area contributed by atoms with Crippen molar-refractivity contribution >= 4 is 29.2 Å². The number of ether oxygens (including phenoxy) is 1. The normalized spacial score (nSPS) is 12.0. The zero-order valence-electron chi connectivity index (χ0n) is 19.8. The van der Waals surface area contributed by atoms with Gasteiger partial charge in [0.25, 0.3) is 0 Å². The van der Waals surface area contributed by atoms with Crippen LogP contribution in [0.1, 0.15) is 79.2 Å². The van der Waals surface area contributed by atoms with Crippen molar-refractivity contribution in [1.29, 1.82) is 5.41 Å². The number of esters is 1. The van der Waals surface area contributed by atoms with E-state index in [0.717, 1.165) is 0 Å². The van der Waals surface area contributed by atoms with Gasteiger partial charge in [-0.15, -0.1) is 0 Å². The number of unbranched alkanes of at least 4 members (excludes halogenated alkanes) is 2. The van der Waals surface area contributed by atoms with Crippen LogP contribution in [0.4, 0.5) is 0 Å². The van der Waals surface area contributed by atoms with E-state index in [0.29, 0.717) is 30.4 Å². The summed E-state index contributed by atoms with van der Waals surface area (Å²) in [5.41, 5.74) is 0.0297. The maximum absolute atomic E-state index is 12.7. The van der Waals surface area contributed by atoms with Gasteiger partial charge >= 0.3 is 11.9 Å². The van der Waals surface area contributed by atoms with E-state index in [2.05, 4.69) is 0 Å². The second-order valence-corrected chi connectivity index (χ2v) is 9.09. The van der Waals surface area contributed by atoms with Crippen LogP contribution in [0.2, 0.25) is 0 Å². The lowest BCUT2D eigenvalue weighted by Crippen LogP contribution is -2.29. The van der Waals surface area contributed by atoms with Crippen LogP contribution in [0.25, 0.3) is 0 Å². The van der Waals surface area contributed by atoms with Gasteiger partial charge in [0.15, 0.2) is 5.78 Å². The molecule has 7 nitrogen and oxygen atoms in total. The summed E-state index contributed by atoms with van der Waals surface area (Å²) in [6, 6.07) is 14.6. The highest BCUT2D eigenvalue weighted by atomic mass is 16.6. The molecular weight excluding hydrogens is 434 g/mol. The van der Waals surface area contributed by atoms with Crippen LogP contribution in [0, 0.1) is 11.3 Å². The Labute approximate surface area is 199 Å². The number of carboxylic acids is 1. The van der Waals surface area contributed by atoms with E-state index < -0.39 is 29.0 Å². The number of benzene rings is 2. The molecule has 2 aromatic carbocycles. The van der Waals surface area contributed by atoms with Crippen LogP contribution in [0.5, 0.6) is 0 Å². The number of hydrogen-bond donors (Lipinski definition) is 2. The molecule has 0 aliphatic carbocycles. The van der Waals surface area contributed by atoms with E-state index in [1.807, 2.05) is 6.07 Å². The smallest absolute Gasteiger partial charge is 0.312 e. The van der Waals surface area contributed by atoms with Gasteiger partial charge in [0.1, 0.15) is 11.5 Å². The van der Waals surface area contributed by atoms with E-state index in [-0.39, 0.29) is 30.2 Å². The minimum absolute atomic E-state index is 0.124. The highest BCUT2D eigenvalue weighted by Crippen LogP contribution is 2.18. The Morgan fingerprint density at radius 1 is 0.853 bits per heavy atom. The number of ketones is 2. The van der Waals surface area contributed by atoms with Crippen LogP contribution in [-0.4, -0.2) is 39.9 Å². The molecule has 2 N–H and O–H groups in total. The molecule has 0 aliphatic heterocycles. The molecule has 34 heavy (non-hydrogen) atoms. The molecule has 1 unspecified atom stereocenters. The third kappa shape index (κ3) is 8.06. The average molecular weight is 466 g/mol. The Balaban J connectivity index is 1.92. The van der Waals surface area contributed by atoms with E-state index in [9.17, 15) is 24.3 Å². The van der Waals surface area contributed by atoms with Crippen molar-refractivity contribution < 1.29 is 29.0 Å². The number of rotatable bonds is 12. The molecule has 7 heteroatoms. The molecule has 1 atom stereocenters. The summed E-state index contributed by atoms with van der Waals surface area (Å²) in [6.45, 7) is 5.37. The average Bonchev–Trinajstić information content (AvgIpc) is 2.79. The molecule has 0 fully saturated rings. The first-order valence-electron chi connectivity index (χ1n) is 11.3. The summed E-state index contributed by atoms with van der Waals surface area (Å²) in [5.74, 6) is -3.65. The highest BCUT2D eigenvalue weighted by molar-refractivity contribution is 6.47. The number of carbonyl (C=O) groups excluding carboxylic acids is 3. The second-order valence-electron chi connectivity index (χ2n) is 9.09. The van der Waals surface area contributed by atoms with Crippen molar-refractivity contribution in [3.05, 3.63) is 71.3 Å². The van der Waals surface area contributed by atoms with Gasteiger partial charge in [0.05, 0.1) is 5.71 Å². The fraction of sp³-hybridized carbons (Fsp3) is 0.370. The number of nitrogens with one attached hydrogen (secondary N) is 1. The van der Waals surface area contributed by atoms with Gasteiger partial charge in [-0.3, -0.25) is 19.2 Å². The third-order valence-corrected chi connectivity index (χ3v) is 5.13. The Morgan fingerprint density at radius 3 is 1.97 bits per heavy atom. The van der Waals surface area contributed by atoms with Crippen molar-refractivity contribution in [2.75, 3.05) is 0 Å². The number of carbonyl (C=O) groups is 4. The first kappa shape index (κ1) is 26.6. The molecule has 180 valence electrons. The van der Waals surface area contributed by atoms with Crippen molar-refractivity contribution in [1.82, 2.24) is 0 Å². The van der Waals surface area contributed by atoms with E-state index in [4.69, 9.17) is 10.1 Å². The molecule has 0 amide bonds. The van der Waals surface area contributed by atoms with Gasteiger partial charge in [0, 0.05) is 23.1 Å². The van der Waals surface area contributed by atoms with Crippen LogP contribution in [-0.2, 0) is 14.3 Å². The SMILES string of the molecule is CC(C)(C)OC(=O)CCCCCC(C(=N)C(=O)c1ccc(C(=O)c2ccccc2)cc1)C(=O)O. The highest BCUT2D eigenvalue weighted by Gasteiger charge is 2.28. The second kappa shape index (κ2) is 12.0. The number of hydrogen-bond acceptors (Lipinski definition) is 6. The number of Topliss-reactive ketones (excluding diaryl/α,β-unsaturated/α-hetero) is 1. The zero-order chi connectivity index (χ0) is 25.3. The van der Waals surface area contributed by atoms with Gasteiger partial charge in [-0.1, -0.05) is 67.4 Å². The molecule has 2 rings (SSSR count). The molecular formula is C27H31NO6. The summed E-state index contributed by atoms with van der Waals surface area (Å²) < 4.78 is 5.24. The molecule has 0 bridgehead atoms. The maximum atomic E-state index is 12.7. The molecule has 0 aliphatic rings. The third-order valence-electron chi connectivity index (χ3n) is 5.13. The predicted octanol–water partition coefficient (Wildman–Crippen LogP) is 5.11. The number of aliphatic carboxylic acids is 1. The first-order chi connectivity index (χ1) is 16.0. The molecule has 0 saturated carbocycles. The summed E-state index contributed by atoms with van der Waals surface area (Å²) >= 11 is 0. The minimum Gasteiger partial charge on any atom is -0.481 e. The predicted molar refractivity (Wildman–Crippen MR) is 128 cm³/mol. The van der Waals surface area contributed by atoms with E-state index >= 15 is 0 Å². The van der Waals surface area contributed by atoms with Gasteiger partial charge in [-0.05, 0) is 33.6 Å². The molecule has 0 saturated heterocycles.